The number of phenolic OH excluding ortho intramolecular Hbond substituents is 1. The fraction of sp³-hybridized carbons (Fsp3) is 0. The number of aromatic nitrogens is 2. The number of nitrogens with one attached hydrogen (secondary N) is 1. The van der Waals surface area contributed by atoms with Crippen LogP contribution in [0.4, 0.5) is 5.82 Å². The SMILES string of the molecule is O=C(Nc1ncnc(Oc2ccc(O)cc2)c1Cl)c1ccc(Br)cc1. The standard InChI is InChI=1S/C17H11BrClN3O3/c18-11-3-1-10(2-4-11)16(24)22-15-14(19)17(21-9-20-15)25-13-7-5-12(23)6-8-13/h1-9,23H,(H,20,21,22,24). The number of anilines is 1. The molecule has 126 valence electrons. The number of hydrogen-bond acceptors (Lipinski definition) is 5. The highest BCUT2D eigenvalue weighted by atomic mass is 79.9. The van der Waals surface area contributed by atoms with Crippen LogP contribution in [0.3, 0.4) is 0 Å². The molecule has 0 aliphatic rings. The molecule has 2 N–H and O–H groups in total. The van der Waals surface area contributed by atoms with Crippen LogP contribution >= 0.6 is 27.5 Å². The number of nitrogens with zero attached hydrogens (tertiary/aromatic N) is 2. The maximum absolute atomic E-state index is 12.3. The number of rotatable bonds is 4. The molecule has 0 unspecified atom stereocenters. The molecule has 3 aromatic rings. The van der Waals surface area contributed by atoms with Gasteiger partial charge in [-0.25, -0.2) is 4.98 Å². The van der Waals surface area contributed by atoms with Crippen LogP contribution < -0.4 is 10.1 Å². The lowest BCUT2D eigenvalue weighted by molar-refractivity contribution is 0.102. The lowest BCUT2D eigenvalue weighted by atomic mass is 10.2. The summed E-state index contributed by atoms with van der Waals surface area (Å²) in [6.45, 7) is 0. The van der Waals surface area contributed by atoms with Crippen LogP contribution in [0.25, 0.3) is 0 Å². The number of carbonyl (C=O) groups is 1. The maximum atomic E-state index is 12.3. The van der Waals surface area contributed by atoms with Crippen molar-refractivity contribution in [2.45, 2.75) is 0 Å². The van der Waals surface area contributed by atoms with Crippen LogP contribution in [0.5, 0.6) is 17.4 Å². The van der Waals surface area contributed by atoms with E-state index in [1.54, 1.807) is 36.4 Å². The van der Waals surface area contributed by atoms with Crippen molar-refractivity contribution in [3.63, 3.8) is 0 Å². The summed E-state index contributed by atoms with van der Waals surface area (Å²) < 4.78 is 6.43. The molecule has 8 heteroatoms. The molecule has 0 saturated heterocycles. The van der Waals surface area contributed by atoms with Crippen LogP contribution in [-0.4, -0.2) is 21.0 Å². The Labute approximate surface area is 156 Å². The lowest BCUT2D eigenvalue weighted by Crippen LogP contribution is -2.13. The monoisotopic (exact) mass is 419 g/mol. The summed E-state index contributed by atoms with van der Waals surface area (Å²) in [5, 5.41) is 12.0. The van der Waals surface area contributed by atoms with Crippen molar-refractivity contribution in [1.29, 1.82) is 0 Å². The molecule has 0 bridgehead atoms. The topological polar surface area (TPSA) is 84.3 Å². The number of halogens is 2. The summed E-state index contributed by atoms with van der Waals surface area (Å²) >= 11 is 9.54. The molecule has 2 aromatic carbocycles. The number of amides is 1. The van der Waals surface area contributed by atoms with Crippen molar-refractivity contribution >= 4 is 39.3 Å². The third-order valence-corrected chi connectivity index (χ3v) is 4.02. The van der Waals surface area contributed by atoms with Gasteiger partial charge in [-0.2, -0.15) is 4.98 Å². The van der Waals surface area contributed by atoms with E-state index in [2.05, 4.69) is 31.2 Å². The van der Waals surface area contributed by atoms with Gasteiger partial charge >= 0.3 is 0 Å². The number of aromatic hydroxyl groups is 1. The normalized spacial score (nSPS) is 10.3. The Hall–Kier alpha value is -2.64. The number of phenols is 1. The van der Waals surface area contributed by atoms with E-state index in [1.807, 2.05) is 0 Å². The summed E-state index contributed by atoms with van der Waals surface area (Å²) in [6, 6.07) is 12.9. The summed E-state index contributed by atoms with van der Waals surface area (Å²) in [5.41, 5.74) is 0.457. The van der Waals surface area contributed by atoms with Crippen LogP contribution in [0, 0.1) is 0 Å². The Balaban J connectivity index is 1.79. The molecule has 1 heterocycles. The van der Waals surface area contributed by atoms with Gasteiger partial charge < -0.3 is 15.2 Å². The second-order valence-corrected chi connectivity index (χ2v) is 6.19. The van der Waals surface area contributed by atoms with Crippen molar-refractivity contribution < 1.29 is 14.6 Å². The molecule has 1 amide bonds. The molecular formula is C17H11BrClN3O3. The van der Waals surface area contributed by atoms with Gasteiger partial charge in [-0.05, 0) is 48.5 Å². The van der Waals surface area contributed by atoms with Gasteiger partial charge in [-0.3, -0.25) is 4.79 Å². The molecule has 6 nitrogen and oxygen atoms in total. The zero-order valence-corrected chi connectivity index (χ0v) is 15.0. The molecule has 0 saturated carbocycles. The molecule has 0 aliphatic heterocycles. The third kappa shape index (κ3) is 4.26. The van der Waals surface area contributed by atoms with Gasteiger partial charge in [-0.15, -0.1) is 0 Å². The molecule has 25 heavy (non-hydrogen) atoms. The van der Waals surface area contributed by atoms with Gasteiger partial charge in [-0.1, -0.05) is 27.5 Å². The smallest absolute Gasteiger partial charge is 0.256 e. The van der Waals surface area contributed by atoms with Crippen molar-refractivity contribution in [3.05, 3.63) is 69.9 Å². The second-order valence-electron chi connectivity index (χ2n) is 4.90. The Kier molecular flexibility index (Phi) is 5.16. The van der Waals surface area contributed by atoms with E-state index in [9.17, 15) is 9.90 Å². The van der Waals surface area contributed by atoms with E-state index in [0.717, 1.165) is 4.47 Å². The molecule has 0 radical (unpaired) electrons. The third-order valence-electron chi connectivity index (χ3n) is 3.15. The van der Waals surface area contributed by atoms with Crippen molar-refractivity contribution in [2.24, 2.45) is 0 Å². The maximum Gasteiger partial charge on any atom is 0.256 e. The van der Waals surface area contributed by atoms with E-state index in [4.69, 9.17) is 16.3 Å². The van der Waals surface area contributed by atoms with E-state index in [0.29, 0.717) is 11.3 Å². The minimum atomic E-state index is -0.358. The fourth-order valence-corrected chi connectivity index (χ4v) is 2.37. The van der Waals surface area contributed by atoms with Gasteiger partial charge in [0.25, 0.3) is 5.91 Å². The van der Waals surface area contributed by atoms with E-state index in [1.165, 1.54) is 18.5 Å². The molecular weight excluding hydrogens is 410 g/mol. The summed E-state index contributed by atoms with van der Waals surface area (Å²) in [4.78, 5) is 20.2. The summed E-state index contributed by atoms with van der Waals surface area (Å²) in [6.07, 6.45) is 1.23. The van der Waals surface area contributed by atoms with Crippen LogP contribution in [0.15, 0.2) is 59.3 Å². The Bertz CT molecular complexity index is 902. The highest BCUT2D eigenvalue weighted by molar-refractivity contribution is 9.10. The predicted molar refractivity (Wildman–Crippen MR) is 97.3 cm³/mol. The van der Waals surface area contributed by atoms with E-state index in [-0.39, 0.29) is 28.4 Å². The molecule has 3 rings (SSSR count). The number of carbonyl (C=O) groups excluding carboxylic acids is 1. The number of ether oxygens (including phenoxy) is 1. The first-order valence-electron chi connectivity index (χ1n) is 7.07. The van der Waals surface area contributed by atoms with Gasteiger partial charge in [0.05, 0.1) is 0 Å². The van der Waals surface area contributed by atoms with Crippen molar-refractivity contribution in [1.82, 2.24) is 9.97 Å². The van der Waals surface area contributed by atoms with Crippen LogP contribution in [0.1, 0.15) is 10.4 Å². The molecule has 0 aliphatic carbocycles. The van der Waals surface area contributed by atoms with E-state index < -0.39 is 0 Å². The molecule has 0 spiro atoms. The Morgan fingerprint density at radius 2 is 1.76 bits per heavy atom. The van der Waals surface area contributed by atoms with Crippen molar-refractivity contribution in [3.8, 4) is 17.4 Å². The number of hydrogen-bond donors (Lipinski definition) is 2. The highest BCUT2D eigenvalue weighted by Crippen LogP contribution is 2.32. The largest absolute Gasteiger partial charge is 0.508 e. The fourth-order valence-electron chi connectivity index (χ4n) is 1.92. The Morgan fingerprint density at radius 1 is 1.08 bits per heavy atom. The van der Waals surface area contributed by atoms with Crippen LogP contribution in [-0.2, 0) is 0 Å². The predicted octanol–water partition coefficient (Wildman–Crippen LogP) is 4.64. The quantitative estimate of drug-likeness (QED) is 0.642. The first kappa shape index (κ1) is 17.2. The Morgan fingerprint density at radius 3 is 2.44 bits per heavy atom. The molecule has 0 fully saturated rings. The second kappa shape index (κ2) is 7.50. The molecule has 1 aromatic heterocycles. The average Bonchev–Trinajstić information content (AvgIpc) is 2.61. The lowest BCUT2D eigenvalue weighted by Gasteiger charge is -2.10. The minimum absolute atomic E-state index is 0.0704. The van der Waals surface area contributed by atoms with Gasteiger partial charge in [0.1, 0.15) is 22.8 Å². The van der Waals surface area contributed by atoms with Gasteiger partial charge in [0.15, 0.2) is 5.82 Å². The van der Waals surface area contributed by atoms with Crippen molar-refractivity contribution in [2.75, 3.05) is 5.32 Å². The average molecular weight is 421 g/mol. The van der Waals surface area contributed by atoms with Gasteiger partial charge in [0, 0.05) is 10.0 Å². The number of benzene rings is 2. The van der Waals surface area contributed by atoms with E-state index >= 15 is 0 Å². The summed E-state index contributed by atoms with van der Waals surface area (Å²) in [5.74, 6) is 0.419. The van der Waals surface area contributed by atoms with Gasteiger partial charge in [0.2, 0.25) is 5.88 Å². The first-order valence-corrected chi connectivity index (χ1v) is 8.24. The highest BCUT2D eigenvalue weighted by Gasteiger charge is 2.15. The minimum Gasteiger partial charge on any atom is -0.508 e. The van der Waals surface area contributed by atoms with Crippen LogP contribution in [0.2, 0.25) is 5.02 Å². The summed E-state index contributed by atoms with van der Waals surface area (Å²) in [7, 11) is 0. The molecule has 0 atom stereocenters. The zero-order chi connectivity index (χ0) is 17.8. The first-order chi connectivity index (χ1) is 12.0. The zero-order valence-electron chi connectivity index (χ0n) is 12.6.